The molecule has 0 radical (unpaired) electrons. The molecule has 1 aliphatic heterocycles. The van der Waals surface area contributed by atoms with Gasteiger partial charge in [-0.25, -0.2) is 9.67 Å². The summed E-state index contributed by atoms with van der Waals surface area (Å²) in [5, 5.41) is 8.38. The zero-order valence-electron chi connectivity index (χ0n) is 14.1. The summed E-state index contributed by atoms with van der Waals surface area (Å²) in [5.74, 6) is 3.74. The van der Waals surface area contributed by atoms with Crippen LogP contribution in [0.3, 0.4) is 0 Å². The fraction of sp³-hybridized carbons (Fsp3) is 0.882. The first-order valence-electron chi connectivity index (χ1n) is 8.95. The second-order valence-corrected chi connectivity index (χ2v) is 6.92. The van der Waals surface area contributed by atoms with Gasteiger partial charge in [0.1, 0.15) is 12.4 Å². The third-order valence-corrected chi connectivity index (χ3v) is 5.43. The maximum absolute atomic E-state index is 5.13. The van der Waals surface area contributed by atoms with Gasteiger partial charge < -0.3 is 10.1 Å². The zero-order valence-corrected chi connectivity index (χ0v) is 14.1. The number of ether oxygens (including phenoxy) is 1. The molecule has 0 unspecified atom stereocenters. The first-order valence-corrected chi connectivity index (χ1v) is 8.95. The number of nitrogens with one attached hydrogen (secondary N) is 1. The number of hydrogen-bond donors (Lipinski definition) is 1. The molecule has 0 saturated heterocycles. The summed E-state index contributed by atoms with van der Waals surface area (Å²) in [6.45, 7) is 4.99. The molecule has 1 aliphatic carbocycles. The zero-order chi connectivity index (χ0) is 15.4. The first-order chi connectivity index (χ1) is 10.8. The van der Waals surface area contributed by atoms with Crippen LogP contribution in [0.1, 0.15) is 57.1 Å². The predicted molar refractivity (Wildman–Crippen MR) is 86.6 cm³/mol. The smallest absolute Gasteiger partial charge is 0.176 e. The average Bonchev–Trinajstić information content (AvgIpc) is 2.95. The van der Waals surface area contributed by atoms with Crippen LogP contribution in [0.15, 0.2) is 0 Å². The number of rotatable bonds is 6. The molecule has 0 aromatic carbocycles. The van der Waals surface area contributed by atoms with Crippen molar-refractivity contribution in [2.24, 2.45) is 11.8 Å². The molecule has 124 valence electrons. The maximum Gasteiger partial charge on any atom is 0.176 e. The quantitative estimate of drug-likeness (QED) is 0.877. The minimum Gasteiger partial charge on any atom is -0.377 e. The topological polar surface area (TPSA) is 52.0 Å². The molecule has 3 rings (SSSR count). The Bertz CT molecular complexity index is 473. The van der Waals surface area contributed by atoms with Gasteiger partial charge in [0.25, 0.3) is 0 Å². The molecule has 1 saturated carbocycles. The number of aromatic nitrogens is 3. The Morgan fingerprint density at radius 2 is 2.05 bits per heavy atom. The lowest BCUT2D eigenvalue weighted by Gasteiger charge is -2.33. The maximum atomic E-state index is 5.13. The standard InChI is InChI=1S/C17H30N4O/c1-3-13-6-4-5-7-14(13)10-18-15-8-9-17-19-16(12-22-2)20-21(17)11-15/h13-15,18H,3-12H2,1-2H3/t13-,14-,15+/m1/s1. The summed E-state index contributed by atoms with van der Waals surface area (Å²) in [4.78, 5) is 4.55. The van der Waals surface area contributed by atoms with Crippen molar-refractivity contribution in [3.8, 4) is 0 Å². The van der Waals surface area contributed by atoms with Gasteiger partial charge in [0.2, 0.25) is 0 Å². The van der Waals surface area contributed by atoms with E-state index < -0.39 is 0 Å². The van der Waals surface area contributed by atoms with Crippen molar-refractivity contribution < 1.29 is 4.74 Å². The van der Waals surface area contributed by atoms with Gasteiger partial charge in [0.05, 0.1) is 6.54 Å². The van der Waals surface area contributed by atoms with E-state index in [1.165, 1.54) is 45.1 Å². The Labute approximate surface area is 133 Å². The molecule has 1 aromatic heterocycles. The fourth-order valence-electron chi connectivity index (χ4n) is 4.13. The Hall–Kier alpha value is -0.940. The Kier molecular flexibility index (Phi) is 5.47. The highest BCUT2D eigenvalue weighted by molar-refractivity contribution is 4.97. The van der Waals surface area contributed by atoms with Crippen LogP contribution >= 0.6 is 0 Å². The molecule has 22 heavy (non-hydrogen) atoms. The molecule has 5 nitrogen and oxygen atoms in total. The van der Waals surface area contributed by atoms with E-state index in [4.69, 9.17) is 4.74 Å². The van der Waals surface area contributed by atoms with Gasteiger partial charge >= 0.3 is 0 Å². The molecule has 0 amide bonds. The summed E-state index contributed by atoms with van der Waals surface area (Å²) < 4.78 is 7.21. The number of fused-ring (bicyclic) bond motifs is 1. The van der Waals surface area contributed by atoms with E-state index in [-0.39, 0.29) is 0 Å². The minimum atomic E-state index is 0.512. The molecular formula is C17H30N4O. The highest BCUT2D eigenvalue weighted by Gasteiger charge is 2.26. The van der Waals surface area contributed by atoms with Gasteiger partial charge in [0.15, 0.2) is 5.82 Å². The van der Waals surface area contributed by atoms with E-state index in [2.05, 4.69) is 27.0 Å². The van der Waals surface area contributed by atoms with Crippen LogP contribution in [0.4, 0.5) is 0 Å². The van der Waals surface area contributed by atoms with Crippen molar-refractivity contribution >= 4 is 0 Å². The monoisotopic (exact) mass is 306 g/mol. The lowest BCUT2D eigenvalue weighted by Crippen LogP contribution is -2.41. The number of methoxy groups -OCH3 is 1. The van der Waals surface area contributed by atoms with Crippen molar-refractivity contribution in [3.05, 3.63) is 11.6 Å². The van der Waals surface area contributed by atoms with Gasteiger partial charge in [-0.1, -0.05) is 32.6 Å². The molecule has 0 bridgehead atoms. The van der Waals surface area contributed by atoms with Crippen molar-refractivity contribution in [2.45, 2.75) is 71.1 Å². The van der Waals surface area contributed by atoms with Crippen LogP contribution in [0.2, 0.25) is 0 Å². The van der Waals surface area contributed by atoms with Gasteiger partial charge in [-0.15, -0.1) is 0 Å². The van der Waals surface area contributed by atoms with Gasteiger partial charge in [-0.05, 0) is 31.2 Å². The Balaban J connectivity index is 1.51. The molecule has 1 aromatic rings. The number of nitrogens with zero attached hydrogens (tertiary/aromatic N) is 3. The van der Waals surface area contributed by atoms with E-state index in [9.17, 15) is 0 Å². The lowest BCUT2D eigenvalue weighted by atomic mass is 9.77. The Morgan fingerprint density at radius 1 is 1.23 bits per heavy atom. The van der Waals surface area contributed by atoms with E-state index in [1.807, 2.05) is 0 Å². The SMILES string of the molecule is CC[C@@H]1CCCC[C@@H]1CN[C@H]1CCc2nc(COC)nn2C1. The second-order valence-electron chi connectivity index (χ2n) is 6.92. The van der Waals surface area contributed by atoms with Gasteiger partial charge in [-0.3, -0.25) is 0 Å². The van der Waals surface area contributed by atoms with Crippen LogP contribution in [-0.2, 0) is 24.3 Å². The van der Waals surface area contributed by atoms with Crippen LogP contribution in [0, 0.1) is 11.8 Å². The fourth-order valence-corrected chi connectivity index (χ4v) is 4.13. The Morgan fingerprint density at radius 3 is 2.82 bits per heavy atom. The highest BCUT2D eigenvalue weighted by atomic mass is 16.5. The first kappa shape index (κ1) is 15.9. The third-order valence-electron chi connectivity index (χ3n) is 5.43. The molecule has 2 aliphatic rings. The largest absolute Gasteiger partial charge is 0.377 e. The normalized spacial score (nSPS) is 28.5. The predicted octanol–water partition coefficient (Wildman–Crippen LogP) is 2.55. The molecule has 5 heteroatoms. The van der Waals surface area contributed by atoms with E-state index in [0.717, 1.165) is 36.5 Å². The van der Waals surface area contributed by atoms with Crippen molar-refractivity contribution in [1.82, 2.24) is 20.1 Å². The van der Waals surface area contributed by atoms with Crippen molar-refractivity contribution in [2.75, 3.05) is 13.7 Å². The van der Waals surface area contributed by atoms with Gasteiger partial charge in [0, 0.05) is 19.6 Å². The van der Waals surface area contributed by atoms with E-state index >= 15 is 0 Å². The summed E-state index contributed by atoms with van der Waals surface area (Å²) in [7, 11) is 1.69. The summed E-state index contributed by atoms with van der Waals surface area (Å²) in [5.41, 5.74) is 0. The second kappa shape index (κ2) is 7.55. The van der Waals surface area contributed by atoms with Crippen LogP contribution in [-0.4, -0.2) is 34.5 Å². The number of aryl methyl sites for hydroxylation is 1. The number of hydrogen-bond acceptors (Lipinski definition) is 4. The van der Waals surface area contributed by atoms with Crippen molar-refractivity contribution in [1.29, 1.82) is 0 Å². The molecular weight excluding hydrogens is 276 g/mol. The van der Waals surface area contributed by atoms with Crippen LogP contribution < -0.4 is 5.32 Å². The van der Waals surface area contributed by atoms with Crippen LogP contribution in [0.5, 0.6) is 0 Å². The van der Waals surface area contributed by atoms with Gasteiger partial charge in [-0.2, -0.15) is 5.10 Å². The average molecular weight is 306 g/mol. The summed E-state index contributed by atoms with van der Waals surface area (Å²) in [6, 6.07) is 0.545. The molecule has 0 spiro atoms. The lowest BCUT2D eigenvalue weighted by molar-refractivity contribution is 0.177. The van der Waals surface area contributed by atoms with Crippen molar-refractivity contribution in [3.63, 3.8) is 0 Å². The van der Waals surface area contributed by atoms with E-state index in [1.54, 1.807) is 7.11 Å². The third kappa shape index (κ3) is 3.69. The molecule has 1 fully saturated rings. The minimum absolute atomic E-state index is 0.512. The highest BCUT2D eigenvalue weighted by Crippen LogP contribution is 2.31. The molecule has 3 atom stereocenters. The summed E-state index contributed by atoms with van der Waals surface area (Å²) >= 11 is 0. The molecule has 2 heterocycles. The molecule has 1 N–H and O–H groups in total. The summed E-state index contributed by atoms with van der Waals surface area (Å²) in [6.07, 6.45) is 9.23. The van der Waals surface area contributed by atoms with E-state index in [0.29, 0.717) is 12.6 Å². The van der Waals surface area contributed by atoms with Crippen LogP contribution in [0.25, 0.3) is 0 Å².